The lowest BCUT2D eigenvalue weighted by Crippen LogP contribution is -2.08. The van der Waals surface area contributed by atoms with E-state index >= 15 is 0 Å². The highest BCUT2D eigenvalue weighted by Crippen LogP contribution is 2.34. The molecule has 0 saturated heterocycles. The van der Waals surface area contributed by atoms with Gasteiger partial charge in [-0.25, -0.2) is 0 Å². The first kappa shape index (κ1) is 13.2. The minimum Gasteiger partial charge on any atom is -0.494 e. The van der Waals surface area contributed by atoms with Crippen LogP contribution >= 0.6 is 0 Å². The predicted molar refractivity (Wildman–Crippen MR) is 90.2 cm³/mol. The maximum Gasteiger partial charge on any atom is 0.119 e. The maximum atomic E-state index is 5.52. The molecule has 2 heteroatoms. The zero-order valence-corrected chi connectivity index (χ0v) is 12.8. The van der Waals surface area contributed by atoms with Crippen molar-refractivity contribution in [3.8, 4) is 28.1 Å². The molecule has 0 unspecified atom stereocenters. The molecule has 2 aromatic carbocycles. The number of hydrogen-bond acceptors (Lipinski definition) is 1. The smallest absolute Gasteiger partial charge is 0.119 e. The average Bonchev–Trinajstić information content (AvgIpc) is 3.00. The fraction of sp³-hybridized carbons (Fsp3) is 0.200. The van der Waals surface area contributed by atoms with Gasteiger partial charge in [-0.15, -0.1) is 0 Å². The summed E-state index contributed by atoms with van der Waals surface area (Å²) in [6, 6.07) is 19.4. The average molecular weight is 289 g/mol. The molecule has 3 aromatic rings. The van der Waals surface area contributed by atoms with Crippen LogP contribution in [0.2, 0.25) is 0 Å². The second kappa shape index (κ2) is 5.38. The molecule has 110 valence electrons. The van der Waals surface area contributed by atoms with E-state index in [-0.39, 0.29) is 0 Å². The summed E-state index contributed by atoms with van der Waals surface area (Å²) in [5.41, 5.74) is 6.65. The quantitative estimate of drug-likeness (QED) is 0.677. The zero-order valence-electron chi connectivity index (χ0n) is 12.8. The second-order valence-electron chi connectivity index (χ2n) is 5.67. The molecule has 0 spiro atoms. The Morgan fingerprint density at radius 1 is 1.00 bits per heavy atom. The summed E-state index contributed by atoms with van der Waals surface area (Å²) in [6.45, 7) is 3.77. The van der Waals surface area contributed by atoms with E-state index in [1.54, 1.807) is 0 Å². The van der Waals surface area contributed by atoms with Crippen molar-refractivity contribution in [2.45, 2.75) is 19.9 Å². The molecule has 0 atom stereocenters. The largest absolute Gasteiger partial charge is 0.494 e. The second-order valence-corrected chi connectivity index (χ2v) is 5.67. The van der Waals surface area contributed by atoms with Crippen LogP contribution < -0.4 is 4.74 Å². The number of benzene rings is 2. The number of rotatable bonds is 3. The van der Waals surface area contributed by atoms with Gasteiger partial charge in [0.25, 0.3) is 0 Å². The first-order valence-electron chi connectivity index (χ1n) is 7.87. The molecule has 0 amide bonds. The lowest BCUT2D eigenvalue weighted by Gasteiger charge is -2.18. The highest BCUT2D eigenvalue weighted by molar-refractivity contribution is 5.75. The molecule has 4 rings (SSSR count). The molecule has 1 aliphatic rings. The van der Waals surface area contributed by atoms with E-state index in [0.29, 0.717) is 6.61 Å². The van der Waals surface area contributed by atoms with Crippen LogP contribution in [0.1, 0.15) is 12.5 Å². The number of aryl methyl sites for hydroxylation is 2. The predicted octanol–water partition coefficient (Wildman–Crippen LogP) is 4.78. The Hall–Kier alpha value is -2.48. The standard InChI is InChI=1S/C20H19NO/c1-2-22-18-9-7-15(8-10-18)17-13-20-19-6-4-3-5-16(19)11-12-21(20)14-17/h3-10,13-14H,2,11-12H2,1H3. The van der Waals surface area contributed by atoms with E-state index in [2.05, 4.69) is 53.2 Å². The Labute approximate surface area is 131 Å². The highest BCUT2D eigenvalue weighted by atomic mass is 16.5. The lowest BCUT2D eigenvalue weighted by molar-refractivity contribution is 0.340. The van der Waals surface area contributed by atoms with Crippen molar-refractivity contribution in [1.82, 2.24) is 4.57 Å². The highest BCUT2D eigenvalue weighted by Gasteiger charge is 2.16. The molecule has 0 saturated carbocycles. The minimum atomic E-state index is 0.705. The van der Waals surface area contributed by atoms with Gasteiger partial charge in [-0.1, -0.05) is 36.4 Å². The van der Waals surface area contributed by atoms with Crippen LogP contribution in [-0.2, 0) is 13.0 Å². The molecule has 0 aliphatic carbocycles. The maximum absolute atomic E-state index is 5.52. The van der Waals surface area contributed by atoms with Crippen LogP contribution in [0.3, 0.4) is 0 Å². The first-order valence-corrected chi connectivity index (χ1v) is 7.87. The summed E-state index contributed by atoms with van der Waals surface area (Å²) in [5.74, 6) is 0.931. The van der Waals surface area contributed by atoms with Crippen molar-refractivity contribution >= 4 is 0 Å². The van der Waals surface area contributed by atoms with E-state index in [1.807, 2.05) is 19.1 Å². The van der Waals surface area contributed by atoms with Crippen molar-refractivity contribution in [3.63, 3.8) is 0 Å². The number of ether oxygens (including phenoxy) is 1. The fourth-order valence-electron chi connectivity index (χ4n) is 3.22. The third-order valence-electron chi connectivity index (χ3n) is 4.31. The van der Waals surface area contributed by atoms with E-state index in [9.17, 15) is 0 Å². The van der Waals surface area contributed by atoms with Gasteiger partial charge < -0.3 is 9.30 Å². The van der Waals surface area contributed by atoms with Gasteiger partial charge in [0.05, 0.1) is 6.61 Å². The van der Waals surface area contributed by atoms with Gasteiger partial charge in [0.2, 0.25) is 0 Å². The van der Waals surface area contributed by atoms with E-state index < -0.39 is 0 Å². The van der Waals surface area contributed by atoms with Crippen molar-refractivity contribution in [1.29, 1.82) is 0 Å². The Kier molecular flexibility index (Phi) is 3.23. The summed E-state index contributed by atoms with van der Waals surface area (Å²) < 4.78 is 7.89. The van der Waals surface area contributed by atoms with Gasteiger partial charge in [0, 0.05) is 24.0 Å². The molecule has 2 heterocycles. The van der Waals surface area contributed by atoms with Crippen LogP contribution in [0.15, 0.2) is 60.8 Å². The molecular weight excluding hydrogens is 270 g/mol. The summed E-state index contributed by atoms with van der Waals surface area (Å²) >= 11 is 0. The number of fused-ring (bicyclic) bond motifs is 3. The summed E-state index contributed by atoms with van der Waals surface area (Å²) in [7, 11) is 0. The van der Waals surface area contributed by atoms with Gasteiger partial charge in [0.15, 0.2) is 0 Å². The molecule has 2 nitrogen and oxygen atoms in total. The van der Waals surface area contributed by atoms with Gasteiger partial charge in [-0.05, 0) is 48.2 Å². The van der Waals surface area contributed by atoms with Crippen LogP contribution in [-0.4, -0.2) is 11.2 Å². The third kappa shape index (κ3) is 2.21. The van der Waals surface area contributed by atoms with Crippen molar-refractivity contribution in [3.05, 3.63) is 66.4 Å². The monoisotopic (exact) mass is 289 g/mol. The van der Waals surface area contributed by atoms with Crippen molar-refractivity contribution in [2.75, 3.05) is 6.61 Å². The molecule has 22 heavy (non-hydrogen) atoms. The Bertz CT molecular complexity index is 799. The summed E-state index contributed by atoms with van der Waals surface area (Å²) in [5, 5.41) is 0. The molecule has 1 aromatic heterocycles. The molecule has 0 bridgehead atoms. The third-order valence-corrected chi connectivity index (χ3v) is 4.31. The normalized spacial score (nSPS) is 12.6. The minimum absolute atomic E-state index is 0.705. The van der Waals surface area contributed by atoms with Gasteiger partial charge in [-0.3, -0.25) is 0 Å². The van der Waals surface area contributed by atoms with Crippen LogP contribution in [0.4, 0.5) is 0 Å². The van der Waals surface area contributed by atoms with E-state index in [0.717, 1.165) is 18.7 Å². The summed E-state index contributed by atoms with van der Waals surface area (Å²) in [4.78, 5) is 0. The van der Waals surface area contributed by atoms with Crippen LogP contribution in [0.25, 0.3) is 22.4 Å². The molecular formula is C20H19NO. The van der Waals surface area contributed by atoms with Crippen LogP contribution in [0, 0.1) is 0 Å². The number of nitrogens with zero attached hydrogens (tertiary/aromatic N) is 1. The number of hydrogen-bond donors (Lipinski definition) is 0. The fourth-order valence-corrected chi connectivity index (χ4v) is 3.22. The van der Waals surface area contributed by atoms with Crippen molar-refractivity contribution < 1.29 is 4.74 Å². The first-order chi connectivity index (χ1) is 10.8. The Morgan fingerprint density at radius 3 is 2.64 bits per heavy atom. The van der Waals surface area contributed by atoms with Crippen molar-refractivity contribution in [2.24, 2.45) is 0 Å². The Morgan fingerprint density at radius 2 is 1.82 bits per heavy atom. The number of aromatic nitrogens is 1. The van der Waals surface area contributed by atoms with Crippen LogP contribution in [0.5, 0.6) is 5.75 Å². The molecule has 0 radical (unpaired) electrons. The van der Waals surface area contributed by atoms with Gasteiger partial charge >= 0.3 is 0 Å². The van der Waals surface area contributed by atoms with Gasteiger partial charge in [-0.2, -0.15) is 0 Å². The van der Waals surface area contributed by atoms with E-state index in [1.165, 1.54) is 27.9 Å². The topological polar surface area (TPSA) is 14.2 Å². The molecule has 0 N–H and O–H groups in total. The van der Waals surface area contributed by atoms with Gasteiger partial charge in [0.1, 0.15) is 5.75 Å². The molecule has 0 fully saturated rings. The SMILES string of the molecule is CCOc1ccc(-c2cc3n(c2)CCc2ccccc2-3)cc1. The van der Waals surface area contributed by atoms with E-state index in [4.69, 9.17) is 4.74 Å². The summed E-state index contributed by atoms with van der Waals surface area (Å²) in [6.07, 6.45) is 3.38. The lowest BCUT2D eigenvalue weighted by atomic mass is 9.98. The zero-order chi connectivity index (χ0) is 14.9. The Balaban J connectivity index is 1.72. The molecule has 1 aliphatic heterocycles.